The highest BCUT2D eigenvalue weighted by Gasteiger charge is 2.31. The van der Waals surface area contributed by atoms with Crippen LogP contribution in [0.1, 0.15) is 58.4 Å². The summed E-state index contributed by atoms with van der Waals surface area (Å²) >= 11 is 0. The maximum Gasteiger partial charge on any atom is 0.232 e. The van der Waals surface area contributed by atoms with Gasteiger partial charge in [-0.2, -0.15) is 0 Å². The van der Waals surface area contributed by atoms with Crippen LogP contribution in [0.5, 0.6) is 5.75 Å². The van der Waals surface area contributed by atoms with Gasteiger partial charge in [0.05, 0.1) is 25.5 Å². The number of hydrogen-bond donors (Lipinski definition) is 0. The summed E-state index contributed by atoms with van der Waals surface area (Å²) in [6.45, 7) is 16.3. The molecule has 7 nitrogen and oxygen atoms in total. The Morgan fingerprint density at radius 1 is 1.18 bits per heavy atom. The van der Waals surface area contributed by atoms with Gasteiger partial charge in [0, 0.05) is 39.4 Å². The van der Waals surface area contributed by atoms with E-state index in [4.69, 9.17) is 14.2 Å². The molecule has 0 radical (unpaired) electrons. The van der Waals surface area contributed by atoms with E-state index < -0.39 is 0 Å². The van der Waals surface area contributed by atoms with Crippen LogP contribution in [-0.4, -0.2) is 55.1 Å². The number of nitrogens with zero attached hydrogens (tertiary/aromatic N) is 3. The van der Waals surface area contributed by atoms with Gasteiger partial charge in [-0.3, -0.25) is 4.79 Å². The van der Waals surface area contributed by atoms with Crippen LogP contribution in [0.2, 0.25) is 0 Å². The van der Waals surface area contributed by atoms with Gasteiger partial charge in [0.1, 0.15) is 11.6 Å². The second kappa shape index (κ2) is 11.6. The molecule has 1 aromatic rings. The Kier molecular flexibility index (Phi) is 9.36. The van der Waals surface area contributed by atoms with Crippen molar-refractivity contribution in [3.8, 4) is 5.75 Å². The molecule has 0 unspecified atom stereocenters. The number of carbonyl (C=O) groups excluding carboxylic acids is 1. The predicted molar refractivity (Wildman–Crippen MR) is 139 cm³/mol. The predicted octanol–water partition coefficient (Wildman–Crippen LogP) is 5.49. The fraction of sp³-hybridized carbons (Fsp3) is 0.462. The van der Waals surface area contributed by atoms with Crippen molar-refractivity contribution in [3.05, 3.63) is 65.3 Å². The summed E-state index contributed by atoms with van der Waals surface area (Å²) < 4.78 is 16.6. The molecule has 34 heavy (non-hydrogen) atoms. The number of ether oxygens (including phenoxy) is 3. The second-order valence-electron chi connectivity index (χ2n) is 9.18. The lowest BCUT2D eigenvalue weighted by Gasteiger charge is -2.25. The Morgan fingerprint density at radius 2 is 1.91 bits per heavy atom. The Labute approximate surface area is 210 Å². The van der Waals surface area contributed by atoms with Crippen LogP contribution in [0.4, 0.5) is 0 Å². The molecular weight excluding hydrogens is 454 g/mol. The molecule has 2 aliphatic heterocycles. The second-order valence-corrected chi connectivity index (χ2v) is 9.18. The molecular formula is C26H38ClN3O4. The van der Waals surface area contributed by atoms with Gasteiger partial charge in [0.15, 0.2) is 5.78 Å². The number of benzene rings is 1. The molecule has 0 aromatic heterocycles. The SMILES string of the molecule is C=C1N(CC(=O)c2cc(OCCCOC)cc(C(C)(C)C)c2)C=C2C(C)=CC(OCC)=NN12.Cl.[HH]. The molecule has 0 aliphatic carbocycles. The standard InChI is InChI=1S/C26H35N3O4.ClH.H2/c1-8-32-25-12-18(2)23-16-28(19(3)29(23)27-25)17-24(30)20-13-21(26(4,5)6)15-22(14-20)33-11-9-10-31-7;;/h12-16H,3,8-11,17H2,1-2,4-7H3;2*1H. The molecule has 0 atom stereocenters. The number of fused-ring (bicyclic) bond motifs is 1. The van der Waals surface area contributed by atoms with Gasteiger partial charge in [-0.05, 0) is 48.6 Å². The van der Waals surface area contributed by atoms with Crippen LogP contribution < -0.4 is 4.74 Å². The topological polar surface area (TPSA) is 63.6 Å². The highest BCUT2D eigenvalue weighted by Crippen LogP contribution is 2.33. The van der Waals surface area contributed by atoms with Crippen molar-refractivity contribution in [2.24, 2.45) is 5.10 Å². The number of halogens is 1. The van der Waals surface area contributed by atoms with E-state index in [1.807, 2.05) is 49.2 Å². The van der Waals surface area contributed by atoms with Crippen LogP contribution >= 0.6 is 12.4 Å². The molecule has 0 spiro atoms. The van der Waals surface area contributed by atoms with Crippen molar-refractivity contribution >= 4 is 24.1 Å². The van der Waals surface area contributed by atoms with Gasteiger partial charge in [0.25, 0.3) is 0 Å². The lowest BCUT2D eigenvalue weighted by molar-refractivity contribution is 0.0962. The van der Waals surface area contributed by atoms with Crippen LogP contribution in [0.25, 0.3) is 0 Å². The zero-order valence-corrected chi connectivity index (χ0v) is 21.8. The van der Waals surface area contributed by atoms with Crippen LogP contribution in [0, 0.1) is 0 Å². The van der Waals surface area contributed by atoms with E-state index in [1.165, 1.54) is 0 Å². The molecule has 0 bridgehead atoms. The molecule has 0 fully saturated rings. The Hall–Kier alpha value is -2.77. The minimum absolute atomic E-state index is 0. The number of carbonyl (C=O) groups is 1. The summed E-state index contributed by atoms with van der Waals surface area (Å²) in [6.07, 6.45) is 4.59. The molecule has 188 valence electrons. The van der Waals surface area contributed by atoms with Crippen LogP contribution in [-0.2, 0) is 14.9 Å². The maximum atomic E-state index is 13.3. The minimum atomic E-state index is -0.118. The van der Waals surface area contributed by atoms with Gasteiger partial charge in [-0.15, -0.1) is 17.5 Å². The van der Waals surface area contributed by atoms with Crippen LogP contribution in [0.15, 0.2) is 59.2 Å². The van der Waals surface area contributed by atoms with E-state index >= 15 is 0 Å². The van der Waals surface area contributed by atoms with Crippen LogP contribution in [0.3, 0.4) is 0 Å². The van der Waals surface area contributed by atoms with E-state index in [9.17, 15) is 4.79 Å². The molecule has 0 saturated carbocycles. The number of allylic oxidation sites excluding steroid dienone is 1. The number of rotatable bonds is 9. The molecule has 8 heteroatoms. The first-order valence-electron chi connectivity index (χ1n) is 11.3. The van der Waals surface area contributed by atoms with Crippen molar-refractivity contribution in [2.45, 2.75) is 46.5 Å². The molecule has 0 amide bonds. The summed E-state index contributed by atoms with van der Waals surface area (Å²) in [5.41, 5.74) is 3.45. The number of Topliss-reactive ketones (excluding diaryl/α,β-unsaturated/α-hetero) is 1. The number of hydrazone groups is 1. The lowest BCUT2D eigenvalue weighted by Crippen LogP contribution is -2.27. The zero-order valence-electron chi connectivity index (χ0n) is 21.0. The van der Waals surface area contributed by atoms with E-state index in [1.54, 1.807) is 12.1 Å². The third-order valence-corrected chi connectivity index (χ3v) is 5.49. The Bertz CT molecular complexity index is 1010. The Balaban J connectivity index is 0.00000306. The summed E-state index contributed by atoms with van der Waals surface area (Å²) in [5, 5.41) is 6.23. The van der Waals surface area contributed by atoms with Gasteiger partial charge < -0.3 is 19.1 Å². The fourth-order valence-electron chi connectivity index (χ4n) is 3.58. The lowest BCUT2D eigenvalue weighted by atomic mass is 9.85. The summed E-state index contributed by atoms with van der Waals surface area (Å²) in [4.78, 5) is 15.2. The monoisotopic (exact) mass is 491 g/mol. The van der Waals surface area contributed by atoms with Crippen molar-refractivity contribution in [2.75, 3.05) is 33.5 Å². The normalized spacial score (nSPS) is 15.2. The zero-order chi connectivity index (χ0) is 24.2. The highest BCUT2D eigenvalue weighted by molar-refractivity contribution is 5.98. The largest absolute Gasteiger partial charge is 0.493 e. The van der Waals surface area contributed by atoms with E-state index in [0.29, 0.717) is 42.9 Å². The third-order valence-electron chi connectivity index (χ3n) is 5.49. The van der Waals surface area contributed by atoms with Gasteiger partial charge >= 0.3 is 0 Å². The van der Waals surface area contributed by atoms with Gasteiger partial charge in [-0.1, -0.05) is 27.4 Å². The Morgan fingerprint density at radius 3 is 2.56 bits per heavy atom. The van der Waals surface area contributed by atoms with Crippen molar-refractivity contribution in [1.82, 2.24) is 9.91 Å². The average Bonchev–Trinajstić information content (AvgIpc) is 3.07. The maximum absolute atomic E-state index is 13.3. The molecule has 2 heterocycles. The van der Waals surface area contributed by atoms with Gasteiger partial charge in [-0.25, -0.2) is 5.01 Å². The minimum Gasteiger partial charge on any atom is -0.493 e. The molecule has 1 aromatic carbocycles. The van der Waals surface area contributed by atoms with Crippen molar-refractivity contribution in [1.29, 1.82) is 0 Å². The van der Waals surface area contributed by atoms with Gasteiger partial charge in [0.2, 0.25) is 5.90 Å². The highest BCUT2D eigenvalue weighted by atomic mass is 35.5. The number of ketones is 1. The number of hydrogen-bond acceptors (Lipinski definition) is 7. The first kappa shape index (κ1) is 27.5. The third kappa shape index (κ3) is 6.42. The van der Waals surface area contributed by atoms with E-state index in [0.717, 1.165) is 23.3 Å². The van der Waals surface area contributed by atoms with Crippen molar-refractivity contribution < 1.29 is 20.4 Å². The molecule has 3 rings (SSSR count). The quantitative estimate of drug-likeness (QED) is 0.336. The molecule has 0 saturated heterocycles. The van der Waals surface area contributed by atoms with Crippen molar-refractivity contribution in [3.63, 3.8) is 0 Å². The first-order valence-corrected chi connectivity index (χ1v) is 11.3. The first-order chi connectivity index (χ1) is 15.6. The fourth-order valence-corrected chi connectivity index (χ4v) is 3.58. The summed E-state index contributed by atoms with van der Waals surface area (Å²) in [7, 11) is 1.67. The smallest absolute Gasteiger partial charge is 0.232 e. The van der Waals surface area contributed by atoms with E-state index in [-0.39, 0.29) is 31.6 Å². The number of methoxy groups -OCH3 is 1. The molecule has 2 aliphatic rings. The van der Waals surface area contributed by atoms with E-state index in [2.05, 4.69) is 32.5 Å². The average molecular weight is 492 g/mol. The molecule has 0 N–H and O–H groups in total. The summed E-state index contributed by atoms with van der Waals surface area (Å²) in [5.74, 6) is 1.83. The summed E-state index contributed by atoms with van der Waals surface area (Å²) in [6, 6.07) is 5.79.